The van der Waals surface area contributed by atoms with E-state index in [1.165, 1.54) is 0 Å². The summed E-state index contributed by atoms with van der Waals surface area (Å²) in [7, 11) is 1.89. The first-order chi connectivity index (χ1) is 8.16. The third-order valence-corrected chi connectivity index (χ3v) is 3.51. The molecule has 0 radical (unpaired) electrons. The Labute approximate surface area is 104 Å². The molecule has 88 valence electrons. The maximum Gasteiger partial charge on any atom is 0.268 e. The largest absolute Gasteiger partial charge is 0.348 e. The highest BCUT2D eigenvalue weighted by Gasteiger charge is 2.25. The van der Waals surface area contributed by atoms with E-state index in [-0.39, 0.29) is 5.91 Å². The van der Waals surface area contributed by atoms with Gasteiger partial charge in [0.2, 0.25) is 0 Å². The van der Waals surface area contributed by atoms with Crippen molar-refractivity contribution in [3.63, 3.8) is 0 Å². The van der Waals surface area contributed by atoms with E-state index in [9.17, 15) is 4.79 Å². The summed E-state index contributed by atoms with van der Waals surface area (Å²) in [5.74, 6) is -0.0118. The molecule has 1 amide bonds. The van der Waals surface area contributed by atoms with Crippen molar-refractivity contribution < 1.29 is 4.79 Å². The van der Waals surface area contributed by atoms with Crippen LogP contribution in [-0.2, 0) is 7.05 Å². The molecule has 4 heteroatoms. The minimum atomic E-state index is -0.0118. The minimum Gasteiger partial charge on any atom is -0.348 e. The molecule has 1 heterocycles. The Kier molecular flexibility index (Phi) is 2.37. The normalized spacial score (nSPS) is 15.2. The van der Waals surface area contributed by atoms with Crippen molar-refractivity contribution in [1.82, 2.24) is 9.88 Å². The molecule has 2 aromatic rings. The number of fused-ring (bicyclic) bond motifs is 1. The van der Waals surface area contributed by atoms with Gasteiger partial charge in [0.1, 0.15) is 5.69 Å². The van der Waals surface area contributed by atoms with Gasteiger partial charge in [-0.1, -0.05) is 17.7 Å². The van der Waals surface area contributed by atoms with E-state index in [0.717, 1.165) is 23.7 Å². The average molecular weight is 249 g/mol. The van der Waals surface area contributed by atoms with Crippen molar-refractivity contribution in [3.05, 3.63) is 35.0 Å². The molecule has 0 atom stereocenters. The SMILES string of the molecule is Cn1c(C(=O)NC2CC2)cc2c(Cl)cccc21. The maximum absolute atomic E-state index is 12.0. The van der Waals surface area contributed by atoms with Gasteiger partial charge in [-0.15, -0.1) is 0 Å². The maximum atomic E-state index is 12.0. The number of aromatic nitrogens is 1. The Bertz CT molecular complexity index is 599. The molecule has 0 spiro atoms. The van der Waals surface area contributed by atoms with Gasteiger partial charge in [0.15, 0.2) is 0 Å². The Morgan fingerprint density at radius 2 is 2.24 bits per heavy atom. The molecule has 1 aromatic heterocycles. The fourth-order valence-corrected chi connectivity index (χ4v) is 2.25. The number of carbonyl (C=O) groups excluding carboxylic acids is 1. The summed E-state index contributed by atoms with van der Waals surface area (Å²) in [6.45, 7) is 0. The third-order valence-electron chi connectivity index (χ3n) is 3.18. The van der Waals surface area contributed by atoms with Gasteiger partial charge in [0.25, 0.3) is 5.91 Å². The lowest BCUT2D eigenvalue weighted by atomic mass is 10.2. The number of nitrogens with one attached hydrogen (secondary N) is 1. The molecule has 3 rings (SSSR count). The fourth-order valence-electron chi connectivity index (χ4n) is 2.03. The molecule has 1 aliphatic rings. The summed E-state index contributed by atoms with van der Waals surface area (Å²) in [4.78, 5) is 12.0. The number of halogens is 1. The topological polar surface area (TPSA) is 34.0 Å². The van der Waals surface area contributed by atoms with E-state index in [1.807, 2.05) is 35.9 Å². The first kappa shape index (κ1) is 10.7. The second-order valence-corrected chi connectivity index (χ2v) is 4.92. The molecule has 1 aromatic carbocycles. The fraction of sp³-hybridized carbons (Fsp3) is 0.308. The van der Waals surface area contributed by atoms with Gasteiger partial charge in [0.05, 0.1) is 0 Å². The molecule has 1 N–H and O–H groups in total. The summed E-state index contributed by atoms with van der Waals surface area (Å²) < 4.78 is 1.89. The lowest BCUT2D eigenvalue weighted by molar-refractivity contribution is 0.0943. The van der Waals surface area contributed by atoms with Crippen LogP contribution in [0.4, 0.5) is 0 Å². The highest BCUT2D eigenvalue weighted by molar-refractivity contribution is 6.35. The quantitative estimate of drug-likeness (QED) is 0.871. The van der Waals surface area contributed by atoms with Crippen LogP contribution in [0.2, 0.25) is 5.02 Å². The molecule has 1 saturated carbocycles. The zero-order chi connectivity index (χ0) is 12.0. The average Bonchev–Trinajstić information content (AvgIpc) is 3.04. The number of hydrogen-bond acceptors (Lipinski definition) is 1. The van der Waals surface area contributed by atoms with Crippen LogP contribution < -0.4 is 5.32 Å². The van der Waals surface area contributed by atoms with E-state index < -0.39 is 0 Å². The van der Waals surface area contributed by atoms with Gasteiger partial charge in [-0.05, 0) is 31.0 Å². The Morgan fingerprint density at radius 3 is 2.88 bits per heavy atom. The number of amides is 1. The number of carbonyl (C=O) groups is 1. The van der Waals surface area contributed by atoms with Crippen molar-refractivity contribution in [2.45, 2.75) is 18.9 Å². The van der Waals surface area contributed by atoms with Crippen LogP contribution in [0.5, 0.6) is 0 Å². The minimum absolute atomic E-state index is 0.0118. The van der Waals surface area contributed by atoms with Gasteiger partial charge in [-0.25, -0.2) is 0 Å². The van der Waals surface area contributed by atoms with Crippen LogP contribution in [0.25, 0.3) is 10.9 Å². The molecular formula is C13H13ClN2O. The Morgan fingerprint density at radius 1 is 1.47 bits per heavy atom. The van der Waals surface area contributed by atoms with Crippen LogP contribution in [-0.4, -0.2) is 16.5 Å². The van der Waals surface area contributed by atoms with Crippen LogP contribution in [0.15, 0.2) is 24.3 Å². The van der Waals surface area contributed by atoms with Gasteiger partial charge < -0.3 is 9.88 Å². The second-order valence-electron chi connectivity index (χ2n) is 4.51. The van der Waals surface area contributed by atoms with Crippen molar-refractivity contribution in [1.29, 1.82) is 0 Å². The molecule has 17 heavy (non-hydrogen) atoms. The standard InChI is InChI=1S/C13H13ClN2O/c1-16-11-4-2-3-10(14)9(11)7-12(16)13(17)15-8-5-6-8/h2-4,7-8H,5-6H2,1H3,(H,15,17). The summed E-state index contributed by atoms with van der Waals surface area (Å²) in [5, 5.41) is 4.60. The van der Waals surface area contributed by atoms with Crippen LogP contribution in [0.1, 0.15) is 23.3 Å². The van der Waals surface area contributed by atoms with E-state index in [1.54, 1.807) is 0 Å². The first-order valence-electron chi connectivity index (χ1n) is 5.71. The van der Waals surface area contributed by atoms with Gasteiger partial charge >= 0.3 is 0 Å². The lowest BCUT2D eigenvalue weighted by Crippen LogP contribution is -2.27. The van der Waals surface area contributed by atoms with Gasteiger partial charge in [0, 0.05) is 29.0 Å². The van der Waals surface area contributed by atoms with Crippen LogP contribution in [0, 0.1) is 0 Å². The molecular weight excluding hydrogens is 236 g/mol. The van der Waals surface area contributed by atoms with E-state index in [4.69, 9.17) is 11.6 Å². The van der Waals surface area contributed by atoms with Gasteiger partial charge in [-0.3, -0.25) is 4.79 Å². The zero-order valence-corrected chi connectivity index (χ0v) is 10.3. The number of hydrogen-bond donors (Lipinski definition) is 1. The highest BCUT2D eigenvalue weighted by Crippen LogP contribution is 2.27. The molecule has 0 saturated heterocycles. The molecule has 0 unspecified atom stereocenters. The Balaban J connectivity index is 2.07. The molecule has 0 aliphatic heterocycles. The van der Waals surface area contributed by atoms with Crippen molar-refractivity contribution in [2.24, 2.45) is 7.05 Å². The number of rotatable bonds is 2. The molecule has 1 aliphatic carbocycles. The van der Waals surface area contributed by atoms with E-state index in [2.05, 4.69) is 5.32 Å². The summed E-state index contributed by atoms with van der Waals surface area (Å²) in [6.07, 6.45) is 2.19. The van der Waals surface area contributed by atoms with Crippen molar-refractivity contribution in [3.8, 4) is 0 Å². The number of nitrogens with zero attached hydrogens (tertiary/aromatic N) is 1. The number of aryl methyl sites for hydroxylation is 1. The lowest BCUT2D eigenvalue weighted by Gasteiger charge is -2.04. The molecule has 0 bridgehead atoms. The van der Waals surface area contributed by atoms with Gasteiger partial charge in [-0.2, -0.15) is 0 Å². The summed E-state index contributed by atoms with van der Waals surface area (Å²) in [5.41, 5.74) is 1.65. The Hall–Kier alpha value is -1.48. The third kappa shape index (κ3) is 1.80. The first-order valence-corrected chi connectivity index (χ1v) is 6.09. The van der Waals surface area contributed by atoms with Crippen LogP contribution in [0.3, 0.4) is 0 Å². The van der Waals surface area contributed by atoms with Crippen LogP contribution >= 0.6 is 11.6 Å². The smallest absolute Gasteiger partial charge is 0.268 e. The summed E-state index contributed by atoms with van der Waals surface area (Å²) in [6, 6.07) is 7.93. The van der Waals surface area contributed by atoms with Crippen molar-refractivity contribution in [2.75, 3.05) is 0 Å². The zero-order valence-electron chi connectivity index (χ0n) is 9.53. The molecule has 3 nitrogen and oxygen atoms in total. The van der Waals surface area contributed by atoms with Crippen molar-refractivity contribution >= 4 is 28.4 Å². The van der Waals surface area contributed by atoms with E-state index in [0.29, 0.717) is 16.8 Å². The predicted octanol–water partition coefficient (Wildman–Crippen LogP) is 2.72. The van der Waals surface area contributed by atoms with E-state index >= 15 is 0 Å². The monoisotopic (exact) mass is 248 g/mol. The molecule has 1 fully saturated rings. The predicted molar refractivity (Wildman–Crippen MR) is 68.4 cm³/mol. The second kappa shape index (κ2) is 3.77. The number of benzene rings is 1. The summed E-state index contributed by atoms with van der Waals surface area (Å²) >= 11 is 6.12. The highest BCUT2D eigenvalue weighted by atomic mass is 35.5.